The monoisotopic (exact) mass is 128 g/mol. The van der Waals surface area contributed by atoms with Gasteiger partial charge in [-0.05, 0) is 12.8 Å². The minimum atomic E-state index is 0.0532. The summed E-state index contributed by atoms with van der Waals surface area (Å²) in [5, 5.41) is 0. The lowest BCUT2D eigenvalue weighted by atomic mass is 10.5. The van der Waals surface area contributed by atoms with Crippen molar-refractivity contribution in [3.63, 3.8) is 0 Å². The van der Waals surface area contributed by atoms with E-state index in [0.717, 1.165) is 12.8 Å². The lowest BCUT2D eigenvalue weighted by Crippen LogP contribution is -2.34. The number of amides is 1. The Bertz CT molecular complexity index is 120. The first-order valence-electron chi connectivity index (χ1n) is 3.21. The fourth-order valence-electron chi connectivity index (χ4n) is 0.809. The fraction of sp³-hybridized carbons (Fsp3) is 0.833. The third-order valence-corrected chi connectivity index (χ3v) is 1.66. The van der Waals surface area contributed by atoms with Gasteiger partial charge in [0.1, 0.15) is 0 Å². The zero-order chi connectivity index (χ0) is 6.85. The highest BCUT2D eigenvalue weighted by atomic mass is 16.2. The van der Waals surface area contributed by atoms with E-state index in [1.54, 1.807) is 4.90 Å². The Morgan fingerprint density at radius 3 is 2.67 bits per heavy atom. The van der Waals surface area contributed by atoms with Crippen molar-refractivity contribution in [1.29, 1.82) is 0 Å². The lowest BCUT2D eigenvalue weighted by Gasteiger charge is -2.13. The molecule has 0 saturated heterocycles. The molecule has 1 aliphatic carbocycles. The predicted octanol–water partition coefficient (Wildman–Crippen LogP) is -0.434. The second-order valence-corrected chi connectivity index (χ2v) is 2.44. The normalized spacial score (nSPS) is 17.6. The molecule has 3 nitrogen and oxygen atoms in total. The molecule has 0 aliphatic heterocycles. The summed E-state index contributed by atoms with van der Waals surface area (Å²) in [4.78, 5) is 12.5. The number of likely N-dealkylation sites (N-methyl/N-ethyl adjacent to an activating group) is 1. The highest BCUT2D eigenvalue weighted by molar-refractivity contribution is 5.78. The van der Waals surface area contributed by atoms with Crippen LogP contribution in [0.25, 0.3) is 0 Å². The Labute approximate surface area is 54.8 Å². The molecule has 1 aliphatic rings. The number of rotatable bonds is 2. The maximum absolute atomic E-state index is 10.8. The number of hydrogen-bond acceptors (Lipinski definition) is 2. The van der Waals surface area contributed by atoms with Crippen LogP contribution < -0.4 is 5.73 Å². The first-order valence-corrected chi connectivity index (χ1v) is 3.21. The van der Waals surface area contributed by atoms with Gasteiger partial charge in [0.2, 0.25) is 5.91 Å². The van der Waals surface area contributed by atoms with Crippen molar-refractivity contribution in [3.8, 4) is 0 Å². The van der Waals surface area contributed by atoms with Gasteiger partial charge in [-0.25, -0.2) is 0 Å². The average Bonchev–Trinajstić information content (AvgIpc) is 2.66. The van der Waals surface area contributed by atoms with Crippen LogP contribution in [0.4, 0.5) is 0 Å². The summed E-state index contributed by atoms with van der Waals surface area (Å²) in [6, 6.07) is 0.501. The molecule has 1 amide bonds. The first kappa shape index (κ1) is 6.55. The van der Waals surface area contributed by atoms with Gasteiger partial charge in [0.05, 0.1) is 6.54 Å². The third-order valence-electron chi connectivity index (χ3n) is 1.66. The molecule has 0 aromatic carbocycles. The van der Waals surface area contributed by atoms with Crippen LogP contribution in [-0.2, 0) is 4.79 Å². The van der Waals surface area contributed by atoms with E-state index in [0.29, 0.717) is 6.04 Å². The van der Waals surface area contributed by atoms with Gasteiger partial charge in [0.15, 0.2) is 0 Å². The Morgan fingerprint density at radius 2 is 2.33 bits per heavy atom. The van der Waals surface area contributed by atoms with E-state index in [9.17, 15) is 4.79 Å². The molecule has 1 fully saturated rings. The van der Waals surface area contributed by atoms with Crippen LogP contribution in [0.1, 0.15) is 12.8 Å². The summed E-state index contributed by atoms with van der Waals surface area (Å²) < 4.78 is 0. The summed E-state index contributed by atoms with van der Waals surface area (Å²) >= 11 is 0. The SMILES string of the molecule is CN(C(=O)CN)C1CC1. The van der Waals surface area contributed by atoms with Gasteiger partial charge in [-0.15, -0.1) is 0 Å². The van der Waals surface area contributed by atoms with Crippen molar-refractivity contribution >= 4 is 5.91 Å². The summed E-state index contributed by atoms with van der Waals surface area (Å²) in [5.74, 6) is 0.0532. The Kier molecular flexibility index (Phi) is 1.71. The quantitative estimate of drug-likeness (QED) is 0.548. The molecular formula is C6H12N2O. The van der Waals surface area contributed by atoms with Crippen LogP contribution in [0, 0.1) is 0 Å². The van der Waals surface area contributed by atoms with Crippen LogP contribution in [0.15, 0.2) is 0 Å². The van der Waals surface area contributed by atoms with Crippen molar-refractivity contribution in [2.75, 3.05) is 13.6 Å². The average molecular weight is 128 g/mol. The maximum atomic E-state index is 10.8. The molecule has 0 atom stereocenters. The minimum absolute atomic E-state index is 0.0532. The Balaban J connectivity index is 2.30. The predicted molar refractivity (Wildman–Crippen MR) is 34.8 cm³/mol. The molecule has 52 valence electrons. The molecule has 0 heterocycles. The smallest absolute Gasteiger partial charge is 0.236 e. The highest BCUT2D eigenvalue weighted by Crippen LogP contribution is 2.24. The van der Waals surface area contributed by atoms with Crippen LogP contribution in [-0.4, -0.2) is 30.4 Å². The topological polar surface area (TPSA) is 46.3 Å². The van der Waals surface area contributed by atoms with Crippen LogP contribution in [0.3, 0.4) is 0 Å². The van der Waals surface area contributed by atoms with Gasteiger partial charge in [-0.3, -0.25) is 4.79 Å². The molecule has 0 spiro atoms. The standard InChI is InChI=1S/C6H12N2O/c1-8(5-2-3-5)6(9)4-7/h5H,2-4,7H2,1H3. The molecule has 1 rings (SSSR count). The molecule has 0 aromatic rings. The van der Waals surface area contributed by atoms with Crippen molar-refractivity contribution in [1.82, 2.24) is 4.90 Å². The second kappa shape index (κ2) is 2.35. The number of nitrogens with zero attached hydrogens (tertiary/aromatic N) is 1. The molecule has 3 heteroatoms. The third kappa shape index (κ3) is 1.42. The maximum Gasteiger partial charge on any atom is 0.236 e. The molecule has 0 radical (unpaired) electrons. The summed E-state index contributed by atoms with van der Waals surface area (Å²) in [6.45, 7) is 0.146. The Hall–Kier alpha value is -0.570. The number of carbonyl (C=O) groups is 1. The molecular weight excluding hydrogens is 116 g/mol. The van der Waals surface area contributed by atoms with Gasteiger partial charge in [-0.1, -0.05) is 0 Å². The molecule has 0 aromatic heterocycles. The molecule has 0 unspecified atom stereocenters. The molecule has 0 bridgehead atoms. The molecule has 2 N–H and O–H groups in total. The first-order chi connectivity index (χ1) is 4.25. The molecule has 1 saturated carbocycles. The van der Waals surface area contributed by atoms with Gasteiger partial charge in [-0.2, -0.15) is 0 Å². The lowest BCUT2D eigenvalue weighted by molar-refractivity contribution is -0.128. The van der Waals surface area contributed by atoms with E-state index in [1.165, 1.54) is 0 Å². The van der Waals surface area contributed by atoms with Crippen molar-refractivity contribution in [2.45, 2.75) is 18.9 Å². The summed E-state index contributed by atoms with van der Waals surface area (Å²) in [6.07, 6.45) is 2.31. The van der Waals surface area contributed by atoms with Crippen LogP contribution >= 0.6 is 0 Å². The number of carbonyl (C=O) groups excluding carboxylic acids is 1. The van der Waals surface area contributed by atoms with E-state index >= 15 is 0 Å². The van der Waals surface area contributed by atoms with Crippen molar-refractivity contribution < 1.29 is 4.79 Å². The zero-order valence-corrected chi connectivity index (χ0v) is 5.63. The van der Waals surface area contributed by atoms with Crippen LogP contribution in [0.5, 0.6) is 0 Å². The van der Waals surface area contributed by atoms with E-state index in [2.05, 4.69) is 0 Å². The Morgan fingerprint density at radius 1 is 1.78 bits per heavy atom. The van der Waals surface area contributed by atoms with E-state index in [-0.39, 0.29) is 12.5 Å². The minimum Gasteiger partial charge on any atom is -0.342 e. The second-order valence-electron chi connectivity index (χ2n) is 2.44. The molecule has 9 heavy (non-hydrogen) atoms. The van der Waals surface area contributed by atoms with Gasteiger partial charge in [0.25, 0.3) is 0 Å². The summed E-state index contributed by atoms with van der Waals surface area (Å²) in [5.41, 5.74) is 5.15. The fourth-order valence-corrected chi connectivity index (χ4v) is 0.809. The van der Waals surface area contributed by atoms with Crippen LogP contribution in [0.2, 0.25) is 0 Å². The van der Waals surface area contributed by atoms with E-state index < -0.39 is 0 Å². The van der Waals surface area contributed by atoms with Gasteiger partial charge >= 0.3 is 0 Å². The van der Waals surface area contributed by atoms with Crippen molar-refractivity contribution in [2.24, 2.45) is 5.73 Å². The highest BCUT2D eigenvalue weighted by Gasteiger charge is 2.28. The number of hydrogen-bond donors (Lipinski definition) is 1. The van der Waals surface area contributed by atoms with Crippen molar-refractivity contribution in [3.05, 3.63) is 0 Å². The number of nitrogens with two attached hydrogens (primary N) is 1. The van der Waals surface area contributed by atoms with E-state index in [4.69, 9.17) is 5.73 Å². The zero-order valence-electron chi connectivity index (χ0n) is 5.63. The van der Waals surface area contributed by atoms with Gasteiger partial charge in [0, 0.05) is 13.1 Å². The van der Waals surface area contributed by atoms with Gasteiger partial charge < -0.3 is 10.6 Å². The van der Waals surface area contributed by atoms with E-state index in [1.807, 2.05) is 7.05 Å². The summed E-state index contributed by atoms with van der Waals surface area (Å²) in [7, 11) is 1.81. The largest absolute Gasteiger partial charge is 0.342 e.